The van der Waals surface area contributed by atoms with Gasteiger partial charge in [0.1, 0.15) is 4.90 Å². The Balaban J connectivity index is 2.36. The lowest BCUT2D eigenvalue weighted by Gasteiger charge is -2.22. The fourth-order valence-corrected chi connectivity index (χ4v) is 3.96. The first kappa shape index (κ1) is 16.5. The Morgan fingerprint density at radius 2 is 1.68 bits per heavy atom. The zero-order valence-corrected chi connectivity index (χ0v) is 13.4. The van der Waals surface area contributed by atoms with Crippen LogP contribution in [0.5, 0.6) is 0 Å². The zero-order chi connectivity index (χ0) is 16.0. The van der Waals surface area contributed by atoms with E-state index in [-0.39, 0.29) is 29.4 Å². The van der Waals surface area contributed by atoms with Crippen LogP contribution in [0.25, 0.3) is 0 Å². The molecule has 0 aliphatic rings. The Morgan fingerprint density at radius 1 is 1.05 bits per heavy atom. The minimum atomic E-state index is -3.75. The summed E-state index contributed by atoms with van der Waals surface area (Å²) in [4.78, 5) is 0.0607. The highest BCUT2D eigenvalue weighted by atomic mass is 35.5. The molecule has 0 spiro atoms. The van der Waals surface area contributed by atoms with E-state index in [0.29, 0.717) is 0 Å². The molecule has 4 nitrogen and oxygen atoms in total. The summed E-state index contributed by atoms with van der Waals surface area (Å²) in [6, 6.07) is 17.6. The third-order valence-corrected chi connectivity index (χ3v) is 5.47. The maximum absolute atomic E-state index is 12.8. The maximum Gasteiger partial charge on any atom is 0.244 e. The fraction of sp³-hybridized carbons (Fsp3) is 0.188. The van der Waals surface area contributed by atoms with Gasteiger partial charge in [0.25, 0.3) is 0 Å². The second-order valence-corrected chi connectivity index (χ2v) is 6.98. The smallest absolute Gasteiger partial charge is 0.207 e. The Bertz CT molecular complexity index is 770. The first-order valence-corrected chi connectivity index (χ1v) is 8.53. The number of hydrogen-bond donors (Lipinski definition) is 0. The number of nitriles is 1. The van der Waals surface area contributed by atoms with Crippen molar-refractivity contribution in [1.82, 2.24) is 4.31 Å². The Labute approximate surface area is 135 Å². The molecular weight excluding hydrogens is 320 g/mol. The maximum atomic E-state index is 12.8. The van der Waals surface area contributed by atoms with Crippen molar-refractivity contribution < 1.29 is 8.42 Å². The van der Waals surface area contributed by atoms with Crippen LogP contribution in [0.1, 0.15) is 12.0 Å². The third-order valence-electron chi connectivity index (χ3n) is 3.13. The Kier molecular flexibility index (Phi) is 5.56. The van der Waals surface area contributed by atoms with E-state index in [4.69, 9.17) is 16.9 Å². The first-order chi connectivity index (χ1) is 10.6. The number of halogens is 1. The van der Waals surface area contributed by atoms with Crippen molar-refractivity contribution in [3.05, 3.63) is 65.2 Å². The molecule has 0 aliphatic carbocycles. The van der Waals surface area contributed by atoms with Gasteiger partial charge in [0.2, 0.25) is 10.0 Å². The zero-order valence-electron chi connectivity index (χ0n) is 11.8. The molecule has 0 N–H and O–H groups in total. The van der Waals surface area contributed by atoms with Gasteiger partial charge in [0.05, 0.1) is 11.1 Å². The molecule has 114 valence electrons. The van der Waals surface area contributed by atoms with Crippen LogP contribution in [0.15, 0.2) is 59.5 Å². The van der Waals surface area contributed by atoms with Crippen LogP contribution >= 0.6 is 11.6 Å². The lowest BCUT2D eigenvalue weighted by molar-refractivity contribution is 0.413. The van der Waals surface area contributed by atoms with Gasteiger partial charge in [-0.05, 0) is 17.7 Å². The van der Waals surface area contributed by atoms with E-state index >= 15 is 0 Å². The summed E-state index contributed by atoms with van der Waals surface area (Å²) in [5.41, 5.74) is 0.857. The van der Waals surface area contributed by atoms with Crippen LogP contribution in [-0.2, 0) is 16.6 Å². The average molecular weight is 335 g/mol. The highest BCUT2D eigenvalue weighted by Crippen LogP contribution is 2.25. The van der Waals surface area contributed by atoms with Gasteiger partial charge in [-0.1, -0.05) is 54.1 Å². The van der Waals surface area contributed by atoms with Gasteiger partial charge >= 0.3 is 0 Å². The van der Waals surface area contributed by atoms with Crippen LogP contribution in [0.2, 0.25) is 5.02 Å². The lowest BCUT2D eigenvalue weighted by atomic mass is 10.2. The minimum absolute atomic E-state index is 0.0607. The van der Waals surface area contributed by atoms with Crippen LogP contribution < -0.4 is 0 Å². The molecule has 0 saturated carbocycles. The van der Waals surface area contributed by atoms with Gasteiger partial charge in [-0.2, -0.15) is 9.57 Å². The Hall–Kier alpha value is -1.87. The second kappa shape index (κ2) is 7.41. The number of benzene rings is 2. The molecule has 0 heterocycles. The van der Waals surface area contributed by atoms with Gasteiger partial charge in [-0.3, -0.25) is 0 Å². The molecule has 0 aliphatic heterocycles. The quantitative estimate of drug-likeness (QED) is 0.813. The van der Waals surface area contributed by atoms with Crippen LogP contribution in [0.4, 0.5) is 0 Å². The molecule has 0 amide bonds. The van der Waals surface area contributed by atoms with Crippen molar-refractivity contribution in [2.75, 3.05) is 6.54 Å². The molecule has 0 fully saturated rings. The van der Waals surface area contributed by atoms with E-state index in [1.165, 1.54) is 10.4 Å². The molecule has 6 heteroatoms. The van der Waals surface area contributed by atoms with E-state index in [1.54, 1.807) is 18.2 Å². The molecule has 0 saturated heterocycles. The van der Waals surface area contributed by atoms with Crippen molar-refractivity contribution in [3.63, 3.8) is 0 Å². The molecule has 0 aromatic heterocycles. The largest absolute Gasteiger partial charge is 0.244 e. The molecular formula is C16H15ClN2O2S. The lowest BCUT2D eigenvalue weighted by Crippen LogP contribution is -2.31. The topological polar surface area (TPSA) is 61.2 Å². The molecule has 22 heavy (non-hydrogen) atoms. The minimum Gasteiger partial charge on any atom is -0.207 e. The summed E-state index contributed by atoms with van der Waals surface area (Å²) in [6.07, 6.45) is 0.122. The van der Waals surface area contributed by atoms with E-state index < -0.39 is 10.0 Å². The summed E-state index contributed by atoms with van der Waals surface area (Å²) in [5, 5.41) is 8.95. The summed E-state index contributed by atoms with van der Waals surface area (Å²) >= 11 is 6.02. The normalized spacial score (nSPS) is 11.3. The first-order valence-electron chi connectivity index (χ1n) is 6.71. The van der Waals surface area contributed by atoms with Crippen molar-refractivity contribution in [2.24, 2.45) is 0 Å². The third kappa shape index (κ3) is 3.86. The van der Waals surface area contributed by atoms with Gasteiger partial charge < -0.3 is 0 Å². The van der Waals surface area contributed by atoms with E-state index in [2.05, 4.69) is 0 Å². The molecule has 2 rings (SSSR count). The summed E-state index contributed by atoms with van der Waals surface area (Å²) in [7, 11) is -3.75. The molecule has 0 unspecified atom stereocenters. The second-order valence-electron chi connectivity index (χ2n) is 4.66. The highest BCUT2D eigenvalue weighted by Gasteiger charge is 2.26. The predicted octanol–water partition coefficient (Wildman–Crippen LogP) is 3.44. The van der Waals surface area contributed by atoms with Crippen LogP contribution in [0, 0.1) is 11.3 Å². The molecule has 2 aromatic rings. The SMILES string of the molecule is N#CCCN(Cc1ccccc1)S(=O)(=O)c1ccccc1Cl. The average Bonchev–Trinajstić information content (AvgIpc) is 2.52. The molecule has 2 aromatic carbocycles. The summed E-state index contributed by atoms with van der Waals surface area (Å²) < 4.78 is 26.9. The molecule has 0 radical (unpaired) electrons. The van der Waals surface area contributed by atoms with E-state index in [0.717, 1.165) is 5.56 Å². The van der Waals surface area contributed by atoms with Crippen molar-refractivity contribution >= 4 is 21.6 Å². The number of sulfonamides is 1. The highest BCUT2D eigenvalue weighted by molar-refractivity contribution is 7.89. The van der Waals surface area contributed by atoms with E-state index in [9.17, 15) is 8.42 Å². The summed E-state index contributed by atoms with van der Waals surface area (Å²) in [6.45, 7) is 0.328. The monoisotopic (exact) mass is 334 g/mol. The van der Waals surface area contributed by atoms with Crippen molar-refractivity contribution in [2.45, 2.75) is 17.9 Å². The van der Waals surface area contributed by atoms with Gasteiger partial charge in [-0.25, -0.2) is 8.42 Å². The number of nitrogens with zero attached hydrogens (tertiary/aromatic N) is 2. The Morgan fingerprint density at radius 3 is 2.32 bits per heavy atom. The van der Waals surface area contributed by atoms with Gasteiger partial charge in [-0.15, -0.1) is 0 Å². The van der Waals surface area contributed by atoms with Gasteiger partial charge in [0.15, 0.2) is 0 Å². The standard InChI is InChI=1S/C16H15ClN2O2S/c17-15-9-4-5-10-16(15)22(20,21)19(12-6-11-18)13-14-7-2-1-3-8-14/h1-5,7-10H,6,12-13H2. The van der Waals surface area contributed by atoms with Gasteiger partial charge in [0, 0.05) is 19.5 Å². The number of rotatable bonds is 6. The predicted molar refractivity (Wildman–Crippen MR) is 85.7 cm³/mol. The van der Waals surface area contributed by atoms with Crippen LogP contribution in [-0.4, -0.2) is 19.3 Å². The molecule has 0 atom stereocenters. The van der Waals surface area contributed by atoms with Crippen molar-refractivity contribution in [1.29, 1.82) is 5.26 Å². The molecule has 0 bridgehead atoms. The fourth-order valence-electron chi connectivity index (χ4n) is 2.04. The number of hydrogen-bond acceptors (Lipinski definition) is 3. The van der Waals surface area contributed by atoms with E-state index in [1.807, 2.05) is 36.4 Å². The van der Waals surface area contributed by atoms with Crippen molar-refractivity contribution in [3.8, 4) is 6.07 Å². The summed E-state index contributed by atoms with van der Waals surface area (Å²) in [5.74, 6) is 0. The van der Waals surface area contributed by atoms with Crippen LogP contribution in [0.3, 0.4) is 0 Å².